The lowest BCUT2D eigenvalue weighted by Gasteiger charge is -2.09. The van der Waals surface area contributed by atoms with E-state index in [9.17, 15) is 4.39 Å². The summed E-state index contributed by atoms with van der Waals surface area (Å²) in [5, 5.41) is 9.53. The number of alkyl halides is 1. The van der Waals surface area contributed by atoms with Crippen LogP contribution in [0.25, 0.3) is 11.5 Å². The van der Waals surface area contributed by atoms with Gasteiger partial charge in [0, 0.05) is 11.9 Å². The first-order valence-corrected chi connectivity index (χ1v) is 10.3. The van der Waals surface area contributed by atoms with Crippen molar-refractivity contribution >= 4 is 11.8 Å². The second-order valence-corrected chi connectivity index (χ2v) is 7.75. The maximum atomic E-state index is 13.2. The summed E-state index contributed by atoms with van der Waals surface area (Å²) in [6, 6.07) is 15.5. The summed E-state index contributed by atoms with van der Waals surface area (Å²) in [5.41, 5.74) is 3.50. The van der Waals surface area contributed by atoms with Crippen LogP contribution in [0.3, 0.4) is 0 Å². The van der Waals surface area contributed by atoms with E-state index < -0.39 is 6.67 Å². The Bertz CT molecular complexity index is 1110. The van der Waals surface area contributed by atoms with Gasteiger partial charge in [-0.3, -0.25) is 9.55 Å². The maximum absolute atomic E-state index is 13.2. The van der Waals surface area contributed by atoms with Gasteiger partial charge in [0.1, 0.15) is 23.9 Å². The van der Waals surface area contributed by atoms with Crippen molar-refractivity contribution in [2.24, 2.45) is 0 Å². The van der Waals surface area contributed by atoms with E-state index in [0.29, 0.717) is 18.1 Å². The lowest BCUT2D eigenvalue weighted by Crippen LogP contribution is -2.04. The van der Waals surface area contributed by atoms with Crippen molar-refractivity contribution in [1.29, 1.82) is 0 Å². The Kier molecular flexibility index (Phi) is 5.76. The molecule has 148 valence electrons. The minimum absolute atomic E-state index is 0.456. The second-order valence-electron chi connectivity index (χ2n) is 6.80. The molecule has 0 aliphatic rings. The molecule has 7 heteroatoms. The quantitative estimate of drug-likeness (QED) is 0.385. The van der Waals surface area contributed by atoms with Crippen LogP contribution in [0.1, 0.15) is 28.2 Å². The summed E-state index contributed by atoms with van der Waals surface area (Å²) < 4.78 is 20.9. The fourth-order valence-electron chi connectivity index (χ4n) is 3.05. The highest BCUT2D eigenvalue weighted by Crippen LogP contribution is 2.27. The van der Waals surface area contributed by atoms with Crippen molar-refractivity contribution < 1.29 is 8.81 Å². The molecule has 0 radical (unpaired) electrons. The van der Waals surface area contributed by atoms with Gasteiger partial charge in [-0.1, -0.05) is 36.0 Å². The zero-order valence-electron chi connectivity index (χ0n) is 16.3. The molecule has 4 aromatic rings. The van der Waals surface area contributed by atoms with Crippen molar-refractivity contribution in [2.45, 2.75) is 38.0 Å². The van der Waals surface area contributed by atoms with Gasteiger partial charge in [0.05, 0.1) is 6.54 Å². The number of hydrogen-bond donors (Lipinski definition) is 0. The Balaban J connectivity index is 1.63. The van der Waals surface area contributed by atoms with Crippen LogP contribution in [-0.2, 0) is 19.0 Å². The Labute approximate surface area is 173 Å². The molecule has 0 fully saturated rings. The van der Waals surface area contributed by atoms with Gasteiger partial charge in [0.15, 0.2) is 11.0 Å². The van der Waals surface area contributed by atoms with Crippen LogP contribution >= 0.6 is 11.8 Å². The molecule has 0 spiro atoms. The van der Waals surface area contributed by atoms with Crippen molar-refractivity contribution in [3.8, 4) is 11.5 Å². The number of aromatic nitrogens is 4. The highest BCUT2D eigenvalue weighted by Gasteiger charge is 2.17. The van der Waals surface area contributed by atoms with Gasteiger partial charge in [-0.05, 0) is 54.8 Å². The van der Waals surface area contributed by atoms with Gasteiger partial charge in [0.2, 0.25) is 0 Å². The predicted octanol–water partition coefficient (Wildman–Crippen LogP) is 5.36. The zero-order valence-corrected chi connectivity index (χ0v) is 17.1. The molecule has 0 aliphatic heterocycles. The van der Waals surface area contributed by atoms with Gasteiger partial charge in [-0.2, -0.15) is 0 Å². The SMILES string of the molecule is Cc1ccc(Cn2c(SCc3ccc(C)c(CF)c3)nnc2-c2ccccn2)o1. The Morgan fingerprint density at radius 2 is 1.97 bits per heavy atom. The highest BCUT2D eigenvalue weighted by atomic mass is 32.2. The van der Waals surface area contributed by atoms with Crippen LogP contribution in [0.15, 0.2) is 64.3 Å². The molecular weight excluding hydrogens is 387 g/mol. The number of benzene rings is 1. The normalized spacial score (nSPS) is 11.1. The molecule has 3 heterocycles. The summed E-state index contributed by atoms with van der Waals surface area (Å²) in [6.45, 7) is 3.90. The third kappa shape index (κ3) is 4.40. The first kappa shape index (κ1) is 19.4. The van der Waals surface area contributed by atoms with Crippen molar-refractivity contribution in [2.75, 3.05) is 0 Å². The number of pyridine rings is 1. The summed E-state index contributed by atoms with van der Waals surface area (Å²) in [6.07, 6.45) is 1.74. The van der Waals surface area contributed by atoms with Crippen molar-refractivity contribution in [1.82, 2.24) is 19.7 Å². The van der Waals surface area contributed by atoms with Gasteiger partial charge in [-0.25, -0.2) is 4.39 Å². The molecule has 0 N–H and O–H groups in total. The van der Waals surface area contributed by atoms with E-state index >= 15 is 0 Å². The predicted molar refractivity (Wildman–Crippen MR) is 111 cm³/mol. The average molecular weight is 409 g/mol. The van der Waals surface area contributed by atoms with E-state index in [0.717, 1.165) is 39.1 Å². The summed E-state index contributed by atoms with van der Waals surface area (Å²) >= 11 is 1.56. The second kappa shape index (κ2) is 8.61. The van der Waals surface area contributed by atoms with Crippen molar-refractivity contribution in [3.05, 3.63) is 82.9 Å². The molecule has 0 aliphatic carbocycles. The third-order valence-electron chi connectivity index (χ3n) is 4.65. The number of rotatable bonds is 7. The summed E-state index contributed by atoms with van der Waals surface area (Å²) in [7, 11) is 0. The van der Waals surface area contributed by atoms with Crippen molar-refractivity contribution in [3.63, 3.8) is 0 Å². The molecule has 0 saturated heterocycles. The van der Waals surface area contributed by atoms with Gasteiger partial charge in [-0.15, -0.1) is 10.2 Å². The van der Waals surface area contributed by atoms with Crippen LogP contribution in [-0.4, -0.2) is 19.7 Å². The Morgan fingerprint density at radius 3 is 2.69 bits per heavy atom. The van der Waals surface area contributed by atoms with Crippen LogP contribution < -0.4 is 0 Å². The van der Waals surface area contributed by atoms with E-state index in [1.54, 1.807) is 18.0 Å². The van der Waals surface area contributed by atoms with Gasteiger partial charge >= 0.3 is 0 Å². The Hall–Kier alpha value is -2.93. The number of thioether (sulfide) groups is 1. The molecule has 1 aromatic carbocycles. The first-order valence-electron chi connectivity index (χ1n) is 9.31. The molecular formula is C22H21FN4OS. The first-order chi connectivity index (χ1) is 14.1. The van der Waals surface area contributed by atoms with Gasteiger partial charge in [0.25, 0.3) is 0 Å². The smallest absolute Gasteiger partial charge is 0.192 e. The highest BCUT2D eigenvalue weighted by molar-refractivity contribution is 7.98. The molecule has 0 atom stereocenters. The number of hydrogen-bond acceptors (Lipinski definition) is 5. The molecule has 3 aromatic heterocycles. The molecule has 0 unspecified atom stereocenters. The lowest BCUT2D eigenvalue weighted by atomic mass is 10.1. The third-order valence-corrected chi connectivity index (χ3v) is 5.68. The topological polar surface area (TPSA) is 56.7 Å². The number of aryl methyl sites for hydroxylation is 2. The van der Waals surface area contributed by atoms with E-state index in [2.05, 4.69) is 15.2 Å². The average Bonchev–Trinajstić information content (AvgIpc) is 3.34. The van der Waals surface area contributed by atoms with Crippen LogP contribution in [0.2, 0.25) is 0 Å². The molecule has 0 amide bonds. The molecule has 0 bridgehead atoms. The van der Waals surface area contributed by atoms with E-state index in [1.807, 2.05) is 66.9 Å². The minimum atomic E-state index is -0.456. The van der Waals surface area contributed by atoms with Gasteiger partial charge < -0.3 is 4.42 Å². The van der Waals surface area contributed by atoms with E-state index in [4.69, 9.17) is 4.42 Å². The van der Waals surface area contributed by atoms with Crippen LogP contribution in [0, 0.1) is 13.8 Å². The number of halogens is 1. The monoisotopic (exact) mass is 408 g/mol. The number of nitrogens with zero attached hydrogens (tertiary/aromatic N) is 4. The Morgan fingerprint density at radius 1 is 1.07 bits per heavy atom. The zero-order chi connectivity index (χ0) is 20.2. The molecule has 0 saturated carbocycles. The molecule has 4 rings (SSSR count). The fraction of sp³-hybridized carbons (Fsp3) is 0.227. The summed E-state index contributed by atoms with van der Waals surface area (Å²) in [5.74, 6) is 3.05. The summed E-state index contributed by atoms with van der Waals surface area (Å²) in [4.78, 5) is 4.42. The molecule has 5 nitrogen and oxygen atoms in total. The lowest BCUT2D eigenvalue weighted by molar-refractivity contribution is 0.463. The fourth-order valence-corrected chi connectivity index (χ4v) is 3.94. The maximum Gasteiger partial charge on any atom is 0.192 e. The molecule has 29 heavy (non-hydrogen) atoms. The van der Waals surface area contributed by atoms with Crippen LogP contribution in [0.4, 0.5) is 4.39 Å². The standard InChI is InChI=1S/C22H21FN4OS/c1-15-6-8-17(11-18(15)12-23)14-29-22-26-25-21(20-5-3-4-10-24-20)27(22)13-19-9-7-16(2)28-19/h3-11H,12-14H2,1-2H3. The van der Waals surface area contributed by atoms with E-state index in [1.165, 1.54) is 0 Å². The minimum Gasteiger partial charge on any atom is -0.464 e. The van der Waals surface area contributed by atoms with E-state index in [-0.39, 0.29) is 0 Å². The largest absolute Gasteiger partial charge is 0.464 e. The number of furan rings is 1. The van der Waals surface area contributed by atoms with Crippen LogP contribution in [0.5, 0.6) is 0 Å².